The third-order valence-corrected chi connectivity index (χ3v) is 4.46. The maximum Gasteiger partial charge on any atom is 0.303 e. The number of carbonyl (C=O) groups is 5. The largest absolute Gasteiger partial charge is 0.463 e. The molecule has 2 aliphatic rings. The Kier molecular flexibility index (Phi) is 7.17. The van der Waals surface area contributed by atoms with Gasteiger partial charge in [0.05, 0.1) is 0 Å². The van der Waals surface area contributed by atoms with Crippen molar-refractivity contribution in [1.82, 2.24) is 5.32 Å². The second-order valence-corrected chi connectivity index (χ2v) is 6.93. The average molecular weight is 415 g/mol. The minimum absolute atomic E-state index is 0.234. The molecule has 1 amide bonds. The Morgan fingerprint density at radius 1 is 0.966 bits per heavy atom. The van der Waals surface area contributed by atoms with Gasteiger partial charge in [-0.05, 0) is 12.8 Å². The number of ether oxygens (including phenoxy) is 5. The van der Waals surface area contributed by atoms with Gasteiger partial charge in [-0.15, -0.1) is 0 Å². The van der Waals surface area contributed by atoms with Crippen molar-refractivity contribution in [2.24, 2.45) is 0 Å². The molecular weight excluding hydrogens is 390 g/mol. The van der Waals surface area contributed by atoms with Crippen LogP contribution in [0.2, 0.25) is 0 Å². The number of amides is 1. The van der Waals surface area contributed by atoms with Gasteiger partial charge in [0, 0.05) is 34.1 Å². The van der Waals surface area contributed by atoms with E-state index in [1.165, 1.54) is 6.92 Å². The molecule has 0 saturated carbocycles. The smallest absolute Gasteiger partial charge is 0.303 e. The topological polar surface area (TPSA) is 144 Å². The Labute approximate surface area is 167 Å². The van der Waals surface area contributed by atoms with Crippen molar-refractivity contribution in [2.45, 2.75) is 77.1 Å². The molecule has 1 N–H and O–H groups in total. The van der Waals surface area contributed by atoms with Crippen molar-refractivity contribution in [2.75, 3.05) is 6.61 Å². The highest BCUT2D eigenvalue weighted by Crippen LogP contribution is 2.39. The molecule has 11 heteroatoms. The Bertz CT molecular complexity index is 692. The molecule has 1 spiro atoms. The molecular formula is C18H25NO10. The normalized spacial score (nSPS) is 31.4. The summed E-state index contributed by atoms with van der Waals surface area (Å²) in [6.45, 7) is 4.27. The van der Waals surface area contributed by atoms with E-state index in [-0.39, 0.29) is 25.4 Å². The lowest BCUT2D eigenvalue weighted by molar-refractivity contribution is -0.297. The first-order valence-electron chi connectivity index (χ1n) is 9.18. The molecule has 2 heterocycles. The van der Waals surface area contributed by atoms with E-state index in [0.717, 1.165) is 20.8 Å². The number of nitrogens with one attached hydrogen (secondary N) is 1. The fourth-order valence-electron chi connectivity index (χ4n) is 3.55. The van der Waals surface area contributed by atoms with Gasteiger partial charge in [0.2, 0.25) is 5.91 Å². The monoisotopic (exact) mass is 415 g/mol. The molecule has 0 aromatic heterocycles. The van der Waals surface area contributed by atoms with Crippen LogP contribution in [0.4, 0.5) is 0 Å². The van der Waals surface area contributed by atoms with Gasteiger partial charge in [0.25, 0.3) is 0 Å². The van der Waals surface area contributed by atoms with Gasteiger partial charge >= 0.3 is 23.9 Å². The molecule has 0 bridgehead atoms. The number of carbonyl (C=O) groups excluding carboxylic acids is 5. The summed E-state index contributed by atoms with van der Waals surface area (Å²) in [5.41, 5.74) is -1.54. The molecule has 0 aromatic carbocycles. The summed E-state index contributed by atoms with van der Waals surface area (Å²) in [6, 6.07) is 0. The molecule has 0 radical (unpaired) electrons. The summed E-state index contributed by atoms with van der Waals surface area (Å²) in [6.07, 6.45) is -4.04. The lowest BCUT2D eigenvalue weighted by Crippen LogP contribution is -2.74. The summed E-state index contributed by atoms with van der Waals surface area (Å²) in [4.78, 5) is 58.6. The highest BCUT2D eigenvalue weighted by atomic mass is 16.7. The van der Waals surface area contributed by atoms with E-state index >= 15 is 0 Å². The van der Waals surface area contributed by atoms with Gasteiger partial charge in [-0.25, -0.2) is 0 Å². The van der Waals surface area contributed by atoms with E-state index in [1.807, 2.05) is 0 Å². The molecule has 11 nitrogen and oxygen atoms in total. The van der Waals surface area contributed by atoms with Crippen molar-refractivity contribution in [1.29, 1.82) is 0 Å². The van der Waals surface area contributed by atoms with Crippen molar-refractivity contribution < 1.29 is 47.7 Å². The minimum atomic E-state index is -1.54. The fourth-order valence-corrected chi connectivity index (χ4v) is 3.55. The zero-order valence-electron chi connectivity index (χ0n) is 16.7. The lowest BCUT2D eigenvalue weighted by Gasteiger charge is -2.52. The standard InChI is InChI=1S/C18H25NO10/c1-9(20)25-8-13-15(26-10(2)21)16(27-11(3)22)17(28-12(4)23)18(29-13)7-5-6-14(24)19-18/h13,15-17H,5-8H2,1-4H3,(H,19,24)/t13-,15-,16+,17-,18+/m1/s1. The first-order valence-corrected chi connectivity index (χ1v) is 9.18. The zero-order chi connectivity index (χ0) is 21.8. The van der Waals surface area contributed by atoms with Crippen molar-refractivity contribution in [3.63, 3.8) is 0 Å². The summed E-state index contributed by atoms with van der Waals surface area (Å²) in [7, 11) is 0. The molecule has 2 aliphatic heterocycles. The van der Waals surface area contributed by atoms with Crippen LogP contribution < -0.4 is 5.32 Å². The molecule has 0 aliphatic carbocycles. The highest BCUT2D eigenvalue weighted by Gasteiger charge is 2.61. The third-order valence-electron chi connectivity index (χ3n) is 4.46. The third kappa shape index (κ3) is 5.66. The van der Waals surface area contributed by atoms with Gasteiger partial charge in [0.1, 0.15) is 12.7 Å². The average Bonchev–Trinajstić information content (AvgIpc) is 2.58. The van der Waals surface area contributed by atoms with Gasteiger partial charge in [-0.3, -0.25) is 24.0 Å². The quantitative estimate of drug-likeness (QED) is 0.471. The predicted molar refractivity (Wildman–Crippen MR) is 92.9 cm³/mol. The van der Waals surface area contributed by atoms with Crippen LogP contribution in [0.15, 0.2) is 0 Å². The molecule has 0 aromatic rings. The maximum atomic E-state index is 12.1. The minimum Gasteiger partial charge on any atom is -0.463 e. The van der Waals surface area contributed by atoms with Gasteiger partial charge in [0.15, 0.2) is 24.0 Å². The van der Waals surface area contributed by atoms with Crippen LogP contribution in [0, 0.1) is 0 Å². The van der Waals surface area contributed by atoms with Crippen LogP contribution in [-0.2, 0) is 47.7 Å². The lowest BCUT2D eigenvalue weighted by atomic mass is 9.84. The summed E-state index contributed by atoms with van der Waals surface area (Å²) < 4.78 is 27.0. The van der Waals surface area contributed by atoms with Crippen molar-refractivity contribution in [3.05, 3.63) is 0 Å². The van der Waals surface area contributed by atoms with Gasteiger partial charge in [-0.2, -0.15) is 0 Å². The van der Waals surface area contributed by atoms with E-state index in [2.05, 4.69) is 5.32 Å². The molecule has 29 heavy (non-hydrogen) atoms. The van der Waals surface area contributed by atoms with Crippen LogP contribution in [-0.4, -0.2) is 66.5 Å². The van der Waals surface area contributed by atoms with E-state index in [1.54, 1.807) is 0 Å². The summed E-state index contributed by atoms with van der Waals surface area (Å²) in [5, 5.41) is 2.67. The van der Waals surface area contributed by atoms with Crippen LogP contribution in [0.5, 0.6) is 0 Å². The predicted octanol–water partition coefficient (Wildman–Crippen LogP) is -0.260. The van der Waals surface area contributed by atoms with Crippen LogP contribution in [0.3, 0.4) is 0 Å². The van der Waals surface area contributed by atoms with Gasteiger partial charge < -0.3 is 29.0 Å². The van der Waals surface area contributed by atoms with Crippen LogP contribution in [0.1, 0.15) is 47.0 Å². The number of hydrogen-bond donors (Lipinski definition) is 1. The van der Waals surface area contributed by atoms with Crippen molar-refractivity contribution >= 4 is 29.8 Å². The SMILES string of the molecule is CC(=O)OC[C@H]1O[C@@]2(CCCC(=O)N2)[C@H](OC(C)=O)[C@@H](OC(C)=O)[C@@H]1OC(C)=O. The van der Waals surface area contributed by atoms with Crippen LogP contribution >= 0.6 is 0 Å². The number of hydrogen-bond acceptors (Lipinski definition) is 10. The molecule has 2 rings (SSSR count). The molecule has 162 valence electrons. The zero-order valence-corrected chi connectivity index (χ0v) is 16.7. The first kappa shape index (κ1) is 22.6. The van der Waals surface area contributed by atoms with E-state index in [9.17, 15) is 24.0 Å². The Morgan fingerprint density at radius 3 is 2.07 bits per heavy atom. The second-order valence-electron chi connectivity index (χ2n) is 6.93. The molecule has 2 fully saturated rings. The fraction of sp³-hybridized carbons (Fsp3) is 0.722. The molecule has 5 atom stereocenters. The number of piperidine rings is 1. The molecule has 0 unspecified atom stereocenters. The highest BCUT2D eigenvalue weighted by molar-refractivity contribution is 5.78. The Balaban J connectivity index is 2.51. The van der Waals surface area contributed by atoms with Crippen molar-refractivity contribution in [3.8, 4) is 0 Å². The Morgan fingerprint density at radius 2 is 1.55 bits per heavy atom. The summed E-state index contributed by atoms with van der Waals surface area (Å²) in [5.74, 6) is -3.12. The van der Waals surface area contributed by atoms with E-state index in [0.29, 0.717) is 6.42 Å². The van der Waals surface area contributed by atoms with E-state index in [4.69, 9.17) is 23.7 Å². The molecule has 2 saturated heterocycles. The van der Waals surface area contributed by atoms with Crippen LogP contribution in [0.25, 0.3) is 0 Å². The van der Waals surface area contributed by atoms with Gasteiger partial charge in [-0.1, -0.05) is 0 Å². The maximum absolute atomic E-state index is 12.1. The van der Waals surface area contributed by atoms with E-state index < -0.39 is 54.0 Å². The number of rotatable bonds is 5. The summed E-state index contributed by atoms with van der Waals surface area (Å²) >= 11 is 0. The second kappa shape index (κ2) is 9.21. The Hall–Kier alpha value is -2.69. The number of esters is 4. The first-order chi connectivity index (χ1) is 13.5.